The summed E-state index contributed by atoms with van der Waals surface area (Å²) in [5.74, 6) is 1.97. The van der Waals surface area contributed by atoms with E-state index in [0.717, 1.165) is 44.2 Å². The number of ether oxygens (including phenoxy) is 1. The number of aliphatic hydroxyl groups excluding tert-OH is 1. The van der Waals surface area contributed by atoms with Crippen LogP contribution in [-0.4, -0.2) is 60.9 Å². The van der Waals surface area contributed by atoms with Crippen molar-refractivity contribution in [1.82, 2.24) is 10.2 Å². The zero-order valence-corrected chi connectivity index (χ0v) is 15.7. The molecule has 0 radical (unpaired) electrons. The molecule has 1 saturated heterocycles. The van der Waals surface area contributed by atoms with E-state index in [9.17, 15) is 5.11 Å². The molecule has 1 aromatic carbocycles. The first-order chi connectivity index (χ1) is 11.8. The summed E-state index contributed by atoms with van der Waals surface area (Å²) >= 11 is 1.85. The molecular formula is C19H32N2O2S. The largest absolute Gasteiger partial charge is 0.491 e. The van der Waals surface area contributed by atoms with Crippen LogP contribution in [0.4, 0.5) is 0 Å². The number of rotatable bonds is 10. The Morgan fingerprint density at radius 3 is 2.79 bits per heavy atom. The second-order valence-electron chi connectivity index (χ2n) is 6.50. The number of hydrogen-bond donors (Lipinski definition) is 2. The number of aliphatic hydroxyl groups is 1. The van der Waals surface area contributed by atoms with E-state index in [1.807, 2.05) is 23.9 Å². The topological polar surface area (TPSA) is 44.7 Å². The van der Waals surface area contributed by atoms with E-state index in [1.165, 1.54) is 31.2 Å². The molecule has 1 aromatic rings. The van der Waals surface area contributed by atoms with Gasteiger partial charge in [0.25, 0.3) is 0 Å². The van der Waals surface area contributed by atoms with E-state index in [0.29, 0.717) is 6.61 Å². The van der Waals surface area contributed by atoms with Crippen LogP contribution < -0.4 is 10.1 Å². The van der Waals surface area contributed by atoms with Gasteiger partial charge in [0.15, 0.2) is 0 Å². The third-order valence-corrected chi connectivity index (χ3v) is 4.93. The quantitative estimate of drug-likeness (QED) is 0.634. The first kappa shape index (κ1) is 19.6. The van der Waals surface area contributed by atoms with E-state index in [1.54, 1.807) is 0 Å². The van der Waals surface area contributed by atoms with E-state index in [4.69, 9.17) is 4.74 Å². The van der Waals surface area contributed by atoms with Crippen molar-refractivity contribution in [1.29, 1.82) is 0 Å². The third kappa shape index (κ3) is 7.88. The molecule has 1 aliphatic rings. The van der Waals surface area contributed by atoms with Gasteiger partial charge >= 0.3 is 0 Å². The SMILES string of the molecule is CSCCNCc1cccc(OC[C@@H](O)CN2CCCCCC2)c1. The van der Waals surface area contributed by atoms with Gasteiger partial charge in [-0.2, -0.15) is 11.8 Å². The highest BCUT2D eigenvalue weighted by molar-refractivity contribution is 7.98. The molecule has 24 heavy (non-hydrogen) atoms. The van der Waals surface area contributed by atoms with E-state index < -0.39 is 6.10 Å². The van der Waals surface area contributed by atoms with E-state index in [-0.39, 0.29) is 0 Å². The molecule has 0 saturated carbocycles. The summed E-state index contributed by atoms with van der Waals surface area (Å²) in [5.41, 5.74) is 1.22. The predicted molar refractivity (Wildman–Crippen MR) is 103 cm³/mol. The van der Waals surface area contributed by atoms with Crippen molar-refractivity contribution in [3.63, 3.8) is 0 Å². The molecule has 0 aromatic heterocycles. The number of likely N-dealkylation sites (tertiary alicyclic amines) is 1. The monoisotopic (exact) mass is 352 g/mol. The lowest BCUT2D eigenvalue weighted by Gasteiger charge is -2.23. The Hall–Kier alpha value is -0.750. The molecule has 4 nitrogen and oxygen atoms in total. The van der Waals surface area contributed by atoms with Crippen molar-refractivity contribution in [3.05, 3.63) is 29.8 Å². The van der Waals surface area contributed by atoms with Gasteiger partial charge in [-0.1, -0.05) is 25.0 Å². The second kappa shape index (κ2) is 11.7. The first-order valence-electron chi connectivity index (χ1n) is 9.10. The maximum atomic E-state index is 10.2. The normalized spacial score (nSPS) is 17.4. The minimum Gasteiger partial charge on any atom is -0.491 e. The van der Waals surface area contributed by atoms with E-state index in [2.05, 4.69) is 28.6 Å². The van der Waals surface area contributed by atoms with Crippen LogP contribution >= 0.6 is 11.8 Å². The fourth-order valence-corrected chi connectivity index (χ4v) is 3.36. The van der Waals surface area contributed by atoms with Crippen LogP contribution in [0.15, 0.2) is 24.3 Å². The molecule has 5 heteroatoms. The van der Waals surface area contributed by atoms with Crippen molar-refractivity contribution >= 4 is 11.8 Å². The fourth-order valence-electron chi connectivity index (χ4n) is 3.01. The zero-order valence-electron chi connectivity index (χ0n) is 14.9. The van der Waals surface area contributed by atoms with Crippen molar-refractivity contribution in [3.8, 4) is 5.75 Å². The Morgan fingerprint density at radius 2 is 2.04 bits per heavy atom. The molecule has 1 fully saturated rings. The van der Waals surface area contributed by atoms with Crippen LogP contribution in [0.5, 0.6) is 5.75 Å². The lowest BCUT2D eigenvalue weighted by Crippen LogP contribution is -2.36. The Labute approximate surface area is 151 Å². The Bertz CT molecular complexity index is 451. The molecular weight excluding hydrogens is 320 g/mol. The average Bonchev–Trinajstić information content (AvgIpc) is 2.86. The summed E-state index contributed by atoms with van der Waals surface area (Å²) in [4.78, 5) is 2.37. The lowest BCUT2D eigenvalue weighted by molar-refractivity contribution is 0.0693. The van der Waals surface area contributed by atoms with Crippen LogP contribution in [0.2, 0.25) is 0 Å². The van der Waals surface area contributed by atoms with Gasteiger partial charge in [-0.05, 0) is 49.9 Å². The van der Waals surface area contributed by atoms with Crippen molar-refractivity contribution in [2.45, 2.75) is 38.3 Å². The standard InChI is InChI=1S/C19H32N2O2S/c1-24-12-9-20-14-17-7-6-8-19(13-17)23-16-18(22)15-21-10-4-2-3-5-11-21/h6-8,13,18,20,22H,2-5,9-12,14-16H2,1H3/t18-/m0/s1. The van der Waals surface area contributed by atoms with Crippen molar-refractivity contribution < 1.29 is 9.84 Å². The second-order valence-corrected chi connectivity index (χ2v) is 7.48. The predicted octanol–water partition coefficient (Wildman–Crippen LogP) is 2.75. The molecule has 1 atom stereocenters. The molecule has 0 aliphatic carbocycles. The third-order valence-electron chi connectivity index (χ3n) is 4.32. The van der Waals surface area contributed by atoms with Gasteiger partial charge in [0.2, 0.25) is 0 Å². The number of thioether (sulfide) groups is 1. The first-order valence-corrected chi connectivity index (χ1v) is 10.5. The maximum absolute atomic E-state index is 10.2. The lowest BCUT2D eigenvalue weighted by atomic mass is 10.2. The van der Waals surface area contributed by atoms with Crippen LogP contribution in [0.25, 0.3) is 0 Å². The molecule has 136 valence electrons. The highest BCUT2D eigenvalue weighted by atomic mass is 32.2. The van der Waals surface area contributed by atoms with Gasteiger partial charge in [-0.25, -0.2) is 0 Å². The summed E-state index contributed by atoms with van der Waals surface area (Å²) in [6.45, 7) is 5.16. The van der Waals surface area contributed by atoms with E-state index >= 15 is 0 Å². The molecule has 0 spiro atoms. The number of nitrogens with zero attached hydrogens (tertiary/aromatic N) is 1. The van der Waals surface area contributed by atoms with Crippen LogP contribution in [0, 0.1) is 0 Å². The zero-order chi connectivity index (χ0) is 17.0. The van der Waals surface area contributed by atoms with Crippen LogP contribution in [-0.2, 0) is 6.54 Å². The number of benzene rings is 1. The van der Waals surface area contributed by atoms with Gasteiger partial charge in [-0.15, -0.1) is 0 Å². The van der Waals surface area contributed by atoms with Crippen LogP contribution in [0.1, 0.15) is 31.2 Å². The Kier molecular flexibility index (Phi) is 9.58. The highest BCUT2D eigenvalue weighted by Gasteiger charge is 2.14. The smallest absolute Gasteiger partial charge is 0.119 e. The average molecular weight is 353 g/mol. The number of hydrogen-bond acceptors (Lipinski definition) is 5. The number of nitrogens with one attached hydrogen (secondary N) is 1. The van der Waals surface area contributed by atoms with Crippen molar-refractivity contribution in [2.75, 3.05) is 44.8 Å². The number of β-amino-alcohol motifs (C(OH)–C–C–N with tert-alkyl or cyclic N) is 1. The summed E-state index contributed by atoms with van der Waals surface area (Å²) < 4.78 is 5.80. The molecule has 0 unspecified atom stereocenters. The highest BCUT2D eigenvalue weighted by Crippen LogP contribution is 2.14. The molecule has 1 heterocycles. The Morgan fingerprint density at radius 1 is 1.25 bits per heavy atom. The fraction of sp³-hybridized carbons (Fsp3) is 0.684. The minimum absolute atomic E-state index is 0.361. The summed E-state index contributed by atoms with van der Waals surface area (Å²) in [6, 6.07) is 8.14. The van der Waals surface area contributed by atoms with Gasteiger partial charge < -0.3 is 20.1 Å². The van der Waals surface area contributed by atoms with Gasteiger partial charge in [0, 0.05) is 25.4 Å². The summed E-state index contributed by atoms with van der Waals surface area (Å²) in [6.07, 6.45) is 6.83. The molecule has 0 bridgehead atoms. The maximum Gasteiger partial charge on any atom is 0.119 e. The minimum atomic E-state index is -0.425. The van der Waals surface area contributed by atoms with Gasteiger partial charge in [0.05, 0.1) is 0 Å². The molecule has 2 rings (SSSR count). The van der Waals surface area contributed by atoms with Crippen LogP contribution in [0.3, 0.4) is 0 Å². The molecule has 2 N–H and O–H groups in total. The Balaban J connectivity index is 1.70. The summed E-state index contributed by atoms with van der Waals surface area (Å²) in [5, 5.41) is 13.7. The van der Waals surface area contributed by atoms with Gasteiger partial charge in [0.1, 0.15) is 18.5 Å². The summed E-state index contributed by atoms with van der Waals surface area (Å²) in [7, 11) is 0. The van der Waals surface area contributed by atoms with Crippen molar-refractivity contribution in [2.24, 2.45) is 0 Å². The molecule has 1 aliphatic heterocycles. The van der Waals surface area contributed by atoms with Gasteiger partial charge in [-0.3, -0.25) is 0 Å². The molecule has 0 amide bonds.